The summed E-state index contributed by atoms with van der Waals surface area (Å²) in [5, 5.41) is 7.93. The first-order chi connectivity index (χ1) is 11.7. The van der Waals surface area contributed by atoms with Gasteiger partial charge in [0.25, 0.3) is 0 Å². The molecule has 1 saturated heterocycles. The molecule has 1 aliphatic heterocycles. The molecular formula is C18H22N2O4. The zero-order chi connectivity index (χ0) is 17.0. The molecule has 1 unspecified atom stereocenters. The number of carbonyl (C=O) groups excluding carboxylic acids is 1. The van der Waals surface area contributed by atoms with Crippen molar-refractivity contribution in [3.05, 3.63) is 42.5 Å². The second-order valence-electron chi connectivity index (χ2n) is 5.76. The number of anilines is 1. The topological polar surface area (TPSA) is 68.8 Å². The molecule has 0 saturated carbocycles. The maximum atomic E-state index is 12.3. The summed E-state index contributed by atoms with van der Waals surface area (Å²) < 4.78 is 16.5. The van der Waals surface area contributed by atoms with Gasteiger partial charge >= 0.3 is 6.03 Å². The van der Waals surface area contributed by atoms with Gasteiger partial charge in [-0.1, -0.05) is 30.3 Å². The minimum absolute atomic E-state index is 0.320. The van der Waals surface area contributed by atoms with Crippen molar-refractivity contribution in [3.8, 4) is 0 Å². The summed E-state index contributed by atoms with van der Waals surface area (Å²) in [6.45, 7) is 0.874. The summed E-state index contributed by atoms with van der Waals surface area (Å²) >= 11 is 0. The van der Waals surface area contributed by atoms with Crippen LogP contribution < -0.4 is 10.6 Å². The van der Waals surface area contributed by atoms with Crippen molar-refractivity contribution in [2.75, 3.05) is 32.8 Å². The predicted molar refractivity (Wildman–Crippen MR) is 92.1 cm³/mol. The molecule has 6 nitrogen and oxygen atoms in total. The van der Waals surface area contributed by atoms with Crippen LogP contribution in [-0.4, -0.2) is 45.3 Å². The van der Waals surface area contributed by atoms with Crippen LogP contribution in [0.25, 0.3) is 10.8 Å². The molecule has 2 N–H and O–H groups in total. The van der Waals surface area contributed by atoms with Gasteiger partial charge in [0.05, 0.1) is 13.2 Å². The summed E-state index contributed by atoms with van der Waals surface area (Å²) in [4.78, 5) is 12.3. The number of carbonyl (C=O) groups is 1. The molecule has 0 bridgehead atoms. The van der Waals surface area contributed by atoms with Crippen LogP contribution >= 0.6 is 0 Å². The van der Waals surface area contributed by atoms with E-state index in [0.717, 1.165) is 16.5 Å². The second-order valence-corrected chi connectivity index (χ2v) is 5.76. The minimum Gasteiger partial charge on any atom is -0.379 e. The van der Waals surface area contributed by atoms with Crippen molar-refractivity contribution in [2.45, 2.75) is 18.2 Å². The van der Waals surface area contributed by atoms with E-state index in [2.05, 4.69) is 10.6 Å². The zero-order valence-electron chi connectivity index (χ0n) is 13.9. The fourth-order valence-electron chi connectivity index (χ4n) is 3.03. The standard InChI is InChI=1S/C18H22N2O4/c1-22-18(23-2)9-10-24-12-16(18)20-17(21)19-15-8-7-13-5-3-4-6-14(13)11-15/h3-8,11,16H,9-10,12H2,1-2H3,(H2,19,20,21). The van der Waals surface area contributed by atoms with Crippen LogP contribution in [0.4, 0.5) is 10.5 Å². The van der Waals surface area contributed by atoms with Crippen LogP contribution in [0.3, 0.4) is 0 Å². The monoisotopic (exact) mass is 330 g/mol. The molecule has 1 heterocycles. The lowest BCUT2D eigenvalue weighted by Gasteiger charge is -2.41. The Bertz CT molecular complexity index is 715. The number of nitrogens with one attached hydrogen (secondary N) is 2. The molecule has 3 rings (SSSR count). The molecule has 0 aliphatic carbocycles. The van der Waals surface area contributed by atoms with Crippen LogP contribution in [0.1, 0.15) is 6.42 Å². The number of hydrogen-bond donors (Lipinski definition) is 2. The van der Waals surface area contributed by atoms with Gasteiger partial charge in [-0.05, 0) is 22.9 Å². The van der Waals surface area contributed by atoms with E-state index >= 15 is 0 Å². The van der Waals surface area contributed by atoms with Crippen molar-refractivity contribution >= 4 is 22.5 Å². The maximum Gasteiger partial charge on any atom is 0.319 e. The molecule has 1 atom stereocenters. The highest BCUT2D eigenvalue weighted by Gasteiger charge is 2.43. The molecule has 0 spiro atoms. The maximum absolute atomic E-state index is 12.3. The fraction of sp³-hybridized carbons (Fsp3) is 0.389. The molecular weight excluding hydrogens is 308 g/mol. The molecule has 2 aromatic carbocycles. The van der Waals surface area contributed by atoms with Crippen LogP contribution in [0.2, 0.25) is 0 Å². The lowest BCUT2D eigenvalue weighted by molar-refractivity contribution is -0.256. The van der Waals surface area contributed by atoms with E-state index in [4.69, 9.17) is 14.2 Å². The lowest BCUT2D eigenvalue weighted by atomic mass is 10.0. The van der Waals surface area contributed by atoms with E-state index in [1.54, 1.807) is 14.2 Å². The minimum atomic E-state index is -0.862. The van der Waals surface area contributed by atoms with Gasteiger partial charge in [0.15, 0.2) is 5.79 Å². The lowest BCUT2D eigenvalue weighted by Crippen LogP contribution is -2.60. The Kier molecular flexibility index (Phi) is 4.99. The highest BCUT2D eigenvalue weighted by molar-refractivity contribution is 5.93. The molecule has 24 heavy (non-hydrogen) atoms. The van der Waals surface area contributed by atoms with Crippen LogP contribution in [0, 0.1) is 0 Å². The van der Waals surface area contributed by atoms with Crippen molar-refractivity contribution in [1.29, 1.82) is 0 Å². The Balaban J connectivity index is 1.69. The summed E-state index contributed by atoms with van der Waals surface area (Å²) in [5.41, 5.74) is 0.725. The van der Waals surface area contributed by atoms with E-state index < -0.39 is 5.79 Å². The highest BCUT2D eigenvalue weighted by atomic mass is 16.7. The largest absolute Gasteiger partial charge is 0.379 e. The van der Waals surface area contributed by atoms with Crippen molar-refractivity contribution < 1.29 is 19.0 Å². The van der Waals surface area contributed by atoms with Crippen molar-refractivity contribution in [2.24, 2.45) is 0 Å². The Morgan fingerprint density at radius 1 is 1.17 bits per heavy atom. The van der Waals surface area contributed by atoms with Gasteiger partial charge in [-0.25, -0.2) is 4.79 Å². The van der Waals surface area contributed by atoms with Crippen molar-refractivity contribution in [1.82, 2.24) is 5.32 Å². The average molecular weight is 330 g/mol. The third-order valence-corrected chi connectivity index (χ3v) is 4.41. The number of ether oxygens (including phenoxy) is 3. The molecule has 128 valence electrons. The number of amides is 2. The first-order valence-corrected chi connectivity index (χ1v) is 7.91. The molecule has 0 aromatic heterocycles. The Hall–Kier alpha value is -2.15. The Labute approximate surface area is 141 Å². The number of rotatable bonds is 4. The van der Waals surface area contributed by atoms with Crippen LogP contribution in [0.5, 0.6) is 0 Å². The second kappa shape index (κ2) is 7.17. The average Bonchev–Trinajstić information content (AvgIpc) is 2.62. The SMILES string of the molecule is COC1(OC)CCOCC1NC(=O)Nc1ccc2ccccc2c1. The van der Waals surface area contributed by atoms with Gasteiger partial charge in [0.2, 0.25) is 0 Å². The fourth-order valence-corrected chi connectivity index (χ4v) is 3.03. The van der Waals surface area contributed by atoms with E-state index in [0.29, 0.717) is 19.6 Å². The zero-order valence-corrected chi connectivity index (χ0v) is 13.9. The summed E-state index contributed by atoms with van der Waals surface area (Å²) in [5.74, 6) is -0.862. The number of methoxy groups -OCH3 is 2. The van der Waals surface area contributed by atoms with Gasteiger partial charge in [-0.3, -0.25) is 0 Å². The number of urea groups is 1. The first-order valence-electron chi connectivity index (χ1n) is 7.91. The summed E-state index contributed by atoms with van der Waals surface area (Å²) in [6, 6.07) is 13.1. The molecule has 1 aliphatic rings. The third kappa shape index (κ3) is 3.36. The van der Waals surface area contributed by atoms with E-state index in [-0.39, 0.29) is 12.1 Å². The van der Waals surface area contributed by atoms with E-state index in [1.807, 2.05) is 42.5 Å². The predicted octanol–water partition coefficient (Wildman–Crippen LogP) is 2.74. The smallest absolute Gasteiger partial charge is 0.319 e. The highest BCUT2D eigenvalue weighted by Crippen LogP contribution is 2.26. The van der Waals surface area contributed by atoms with E-state index in [1.165, 1.54) is 0 Å². The molecule has 2 aromatic rings. The third-order valence-electron chi connectivity index (χ3n) is 4.41. The molecule has 0 radical (unpaired) electrons. The van der Waals surface area contributed by atoms with Crippen LogP contribution in [0.15, 0.2) is 42.5 Å². The Morgan fingerprint density at radius 3 is 2.67 bits per heavy atom. The molecule has 2 amide bonds. The van der Waals surface area contributed by atoms with Gasteiger partial charge in [0.1, 0.15) is 6.04 Å². The van der Waals surface area contributed by atoms with Crippen LogP contribution in [-0.2, 0) is 14.2 Å². The van der Waals surface area contributed by atoms with Crippen molar-refractivity contribution in [3.63, 3.8) is 0 Å². The van der Waals surface area contributed by atoms with Gasteiger partial charge in [-0.2, -0.15) is 0 Å². The Morgan fingerprint density at radius 2 is 1.92 bits per heavy atom. The van der Waals surface area contributed by atoms with Gasteiger partial charge < -0.3 is 24.8 Å². The van der Waals surface area contributed by atoms with Gasteiger partial charge in [0, 0.05) is 26.3 Å². The summed E-state index contributed by atoms with van der Waals surface area (Å²) in [6.07, 6.45) is 0.556. The first kappa shape index (κ1) is 16.7. The number of fused-ring (bicyclic) bond motifs is 1. The summed E-state index contributed by atoms with van der Waals surface area (Å²) in [7, 11) is 3.15. The normalized spacial score (nSPS) is 19.8. The number of hydrogen-bond acceptors (Lipinski definition) is 4. The molecule has 1 fully saturated rings. The van der Waals surface area contributed by atoms with E-state index in [9.17, 15) is 4.79 Å². The number of benzene rings is 2. The van der Waals surface area contributed by atoms with Gasteiger partial charge in [-0.15, -0.1) is 0 Å². The molecule has 6 heteroatoms. The quantitative estimate of drug-likeness (QED) is 0.846.